The molecule has 1 aromatic heterocycles. The first-order chi connectivity index (χ1) is 13.0. The van der Waals surface area contributed by atoms with Crippen molar-refractivity contribution >= 4 is 34.3 Å². The molecule has 1 heterocycles. The van der Waals surface area contributed by atoms with E-state index in [1.54, 1.807) is 29.2 Å². The fraction of sp³-hybridized carbons (Fsp3) is 0.190. The van der Waals surface area contributed by atoms with E-state index in [1.165, 1.54) is 18.3 Å². The Bertz CT molecular complexity index is 964. The minimum absolute atomic E-state index is 0.0896. The van der Waals surface area contributed by atoms with Crippen LogP contribution in [0.3, 0.4) is 0 Å². The smallest absolute Gasteiger partial charge is 0.230 e. The fourth-order valence-corrected chi connectivity index (χ4v) is 3.59. The number of nitrogens with zero attached hydrogens (tertiary/aromatic N) is 2. The van der Waals surface area contributed by atoms with Crippen LogP contribution < -0.4 is 9.64 Å². The summed E-state index contributed by atoms with van der Waals surface area (Å²) in [5.41, 5.74) is 4.34. The Kier molecular flexibility index (Phi) is 5.66. The highest BCUT2D eigenvalue weighted by Crippen LogP contribution is 2.32. The number of hydrogen-bond acceptors (Lipinski definition) is 5. The van der Waals surface area contributed by atoms with Crippen LogP contribution in [0.25, 0.3) is 0 Å². The number of thiazole rings is 1. The Morgan fingerprint density at radius 2 is 1.93 bits per heavy atom. The van der Waals surface area contributed by atoms with Crippen molar-refractivity contribution in [3.05, 3.63) is 70.2 Å². The van der Waals surface area contributed by atoms with E-state index in [1.807, 2.05) is 37.4 Å². The molecule has 27 heavy (non-hydrogen) atoms. The zero-order valence-electron chi connectivity index (χ0n) is 15.4. The Hall–Kier alpha value is -2.99. The van der Waals surface area contributed by atoms with E-state index in [0.717, 1.165) is 28.8 Å². The predicted molar refractivity (Wildman–Crippen MR) is 107 cm³/mol. The van der Waals surface area contributed by atoms with Crippen LogP contribution in [0.2, 0.25) is 0 Å². The second kappa shape index (κ2) is 8.14. The molecular formula is C21H20N2O3S. The molecule has 0 unspecified atom stereocenters. The molecule has 3 rings (SSSR count). The van der Waals surface area contributed by atoms with Gasteiger partial charge in [0.25, 0.3) is 0 Å². The summed E-state index contributed by atoms with van der Waals surface area (Å²) in [6.07, 6.45) is 0.792. The molecule has 0 aliphatic rings. The third-order valence-electron chi connectivity index (χ3n) is 4.04. The lowest BCUT2D eigenvalue weighted by molar-refractivity contribution is -0.115. The van der Waals surface area contributed by atoms with Crippen molar-refractivity contribution in [2.45, 2.75) is 27.4 Å². The molecule has 0 bridgehead atoms. The molecule has 0 saturated heterocycles. The molecule has 0 fully saturated rings. The van der Waals surface area contributed by atoms with Crippen LogP contribution in [0.15, 0.2) is 47.8 Å². The Balaban J connectivity index is 1.77. The summed E-state index contributed by atoms with van der Waals surface area (Å²) < 4.78 is 5.72. The lowest BCUT2D eigenvalue weighted by atomic mass is 10.1. The fourth-order valence-electron chi connectivity index (χ4n) is 2.73. The van der Waals surface area contributed by atoms with Gasteiger partial charge in [-0.15, -0.1) is 11.3 Å². The number of aldehydes is 1. The molecule has 0 N–H and O–H groups in total. The highest BCUT2D eigenvalue weighted by molar-refractivity contribution is 7.14. The van der Waals surface area contributed by atoms with Crippen molar-refractivity contribution in [3.63, 3.8) is 0 Å². The number of carbonyl (C=O) groups excluding carboxylic acids is 2. The summed E-state index contributed by atoms with van der Waals surface area (Å²) in [6.45, 7) is 5.83. The van der Waals surface area contributed by atoms with Gasteiger partial charge in [0.05, 0.1) is 11.4 Å². The van der Waals surface area contributed by atoms with Crippen molar-refractivity contribution in [1.82, 2.24) is 4.98 Å². The van der Waals surface area contributed by atoms with Crippen molar-refractivity contribution in [2.24, 2.45) is 0 Å². The van der Waals surface area contributed by atoms with Gasteiger partial charge in [0.1, 0.15) is 18.6 Å². The molecule has 3 aromatic rings. The maximum atomic E-state index is 12.3. The second-order valence-corrected chi connectivity index (χ2v) is 7.08. The first-order valence-corrected chi connectivity index (χ1v) is 9.36. The number of ether oxygens (including phenoxy) is 1. The quantitative estimate of drug-likeness (QED) is 0.574. The molecule has 0 spiro atoms. The van der Waals surface area contributed by atoms with Crippen LogP contribution in [0, 0.1) is 13.8 Å². The van der Waals surface area contributed by atoms with E-state index in [4.69, 9.17) is 4.74 Å². The summed E-state index contributed by atoms with van der Waals surface area (Å²) in [4.78, 5) is 29.2. The zero-order chi connectivity index (χ0) is 19.4. The lowest BCUT2D eigenvalue weighted by Gasteiger charge is -2.20. The summed E-state index contributed by atoms with van der Waals surface area (Å²) in [5.74, 6) is 0.571. The number of amides is 1. The number of aryl methyl sites for hydroxylation is 2. The van der Waals surface area contributed by atoms with Gasteiger partial charge in [-0.05, 0) is 49.7 Å². The molecule has 5 nitrogen and oxygen atoms in total. The summed E-state index contributed by atoms with van der Waals surface area (Å²) in [6, 6.07) is 12.9. The summed E-state index contributed by atoms with van der Waals surface area (Å²) in [7, 11) is 0. The van der Waals surface area contributed by atoms with Gasteiger partial charge >= 0.3 is 0 Å². The average Bonchev–Trinajstić information content (AvgIpc) is 3.10. The zero-order valence-corrected chi connectivity index (χ0v) is 16.2. The van der Waals surface area contributed by atoms with Crippen LogP contribution in [0.1, 0.15) is 34.1 Å². The third-order valence-corrected chi connectivity index (χ3v) is 4.92. The molecule has 0 aliphatic heterocycles. The van der Waals surface area contributed by atoms with Crippen LogP contribution in [-0.4, -0.2) is 17.2 Å². The molecule has 0 radical (unpaired) electrons. The lowest BCUT2D eigenvalue weighted by Crippen LogP contribution is -2.23. The number of anilines is 2. The van der Waals surface area contributed by atoms with E-state index < -0.39 is 0 Å². The molecule has 1 amide bonds. The second-order valence-electron chi connectivity index (χ2n) is 6.24. The number of hydrogen-bond donors (Lipinski definition) is 0. The summed E-state index contributed by atoms with van der Waals surface area (Å²) in [5, 5.41) is 2.50. The van der Waals surface area contributed by atoms with Crippen LogP contribution >= 0.6 is 11.3 Å². The topological polar surface area (TPSA) is 59.5 Å². The number of benzene rings is 2. The number of carbonyl (C=O) groups is 2. The SMILES string of the molecule is CC(=O)N(c1nc(COc2ccc(C=O)cc2)cs1)c1ccc(C)cc1C. The molecule has 0 saturated carbocycles. The van der Waals surface area contributed by atoms with Crippen molar-refractivity contribution < 1.29 is 14.3 Å². The number of aromatic nitrogens is 1. The van der Waals surface area contributed by atoms with Crippen LogP contribution in [-0.2, 0) is 11.4 Å². The predicted octanol–water partition coefficient (Wildman–Crippen LogP) is 4.84. The van der Waals surface area contributed by atoms with Crippen LogP contribution in [0.5, 0.6) is 5.75 Å². The van der Waals surface area contributed by atoms with E-state index in [0.29, 0.717) is 16.4 Å². The normalized spacial score (nSPS) is 10.5. The Labute approximate surface area is 162 Å². The summed E-state index contributed by atoms with van der Waals surface area (Å²) >= 11 is 1.40. The third kappa shape index (κ3) is 4.41. The Morgan fingerprint density at radius 3 is 2.56 bits per heavy atom. The highest BCUT2D eigenvalue weighted by atomic mass is 32.1. The minimum Gasteiger partial charge on any atom is -0.487 e. The highest BCUT2D eigenvalue weighted by Gasteiger charge is 2.19. The van der Waals surface area contributed by atoms with Gasteiger partial charge in [-0.2, -0.15) is 0 Å². The standard InChI is InChI=1S/C21H20N2O3S/c1-14-4-9-20(15(2)10-14)23(16(3)25)21-22-18(13-27-21)12-26-19-7-5-17(11-24)6-8-19/h4-11,13H,12H2,1-3H3. The van der Waals surface area contributed by atoms with E-state index in [2.05, 4.69) is 4.98 Å². The molecule has 0 atom stereocenters. The first-order valence-electron chi connectivity index (χ1n) is 8.48. The van der Waals surface area contributed by atoms with Crippen molar-refractivity contribution in [1.29, 1.82) is 0 Å². The van der Waals surface area contributed by atoms with Gasteiger partial charge in [0, 0.05) is 17.9 Å². The van der Waals surface area contributed by atoms with Crippen LogP contribution in [0.4, 0.5) is 10.8 Å². The minimum atomic E-state index is -0.0896. The largest absolute Gasteiger partial charge is 0.487 e. The van der Waals surface area contributed by atoms with Gasteiger partial charge in [-0.1, -0.05) is 17.7 Å². The maximum absolute atomic E-state index is 12.3. The first kappa shape index (κ1) is 18.8. The van der Waals surface area contributed by atoms with E-state index >= 15 is 0 Å². The van der Waals surface area contributed by atoms with E-state index in [-0.39, 0.29) is 12.5 Å². The van der Waals surface area contributed by atoms with Gasteiger partial charge in [0.15, 0.2) is 5.13 Å². The molecule has 138 valence electrons. The number of rotatable bonds is 6. The van der Waals surface area contributed by atoms with Gasteiger partial charge in [-0.25, -0.2) is 4.98 Å². The van der Waals surface area contributed by atoms with Gasteiger partial charge in [-0.3, -0.25) is 14.5 Å². The van der Waals surface area contributed by atoms with Crippen molar-refractivity contribution in [3.8, 4) is 5.75 Å². The molecular weight excluding hydrogens is 360 g/mol. The monoisotopic (exact) mass is 380 g/mol. The maximum Gasteiger partial charge on any atom is 0.230 e. The molecule has 2 aromatic carbocycles. The van der Waals surface area contributed by atoms with E-state index in [9.17, 15) is 9.59 Å². The average molecular weight is 380 g/mol. The van der Waals surface area contributed by atoms with Gasteiger partial charge < -0.3 is 4.74 Å². The Morgan fingerprint density at radius 1 is 1.19 bits per heavy atom. The van der Waals surface area contributed by atoms with Gasteiger partial charge in [0.2, 0.25) is 5.91 Å². The molecule has 6 heteroatoms. The molecule has 0 aliphatic carbocycles. The van der Waals surface area contributed by atoms with Crippen molar-refractivity contribution in [2.75, 3.05) is 4.90 Å².